The quantitative estimate of drug-likeness (QED) is 0.775. The van der Waals surface area contributed by atoms with Crippen LogP contribution in [-0.2, 0) is 0 Å². The van der Waals surface area contributed by atoms with Crippen molar-refractivity contribution in [2.24, 2.45) is 0 Å². The minimum absolute atomic E-state index is 0.0886. The number of hydrogen-bond donors (Lipinski definition) is 1. The van der Waals surface area contributed by atoms with Crippen LogP contribution in [0.25, 0.3) is 0 Å². The van der Waals surface area contributed by atoms with Gasteiger partial charge in [-0.25, -0.2) is 4.39 Å². The Hall–Kier alpha value is -1.09. The van der Waals surface area contributed by atoms with E-state index in [0.717, 1.165) is 5.56 Å². The summed E-state index contributed by atoms with van der Waals surface area (Å²) < 4.78 is 18.0. The van der Waals surface area contributed by atoms with Gasteiger partial charge >= 0.3 is 0 Å². The molecule has 0 radical (unpaired) electrons. The molecule has 0 fully saturated rings. The molecule has 0 heterocycles. The number of ether oxygens (including phenoxy) is 1. The molecule has 0 aromatic heterocycles. The molecule has 1 rings (SSSR count). The molecule has 1 aromatic rings. The van der Waals surface area contributed by atoms with Crippen molar-refractivity contribution in [1.82, 2.24) is 5.32 Å². The van der Waals surface area contributed by atoms with E-state index in [1.54, 1.807) is 13.2 Å². The molecule has 0 aliphatic rings. The molecule has 72 valence electrons. The van der Waals surface area contributed by atoms with Gasteiger partial charge in [-0.3, -0.25) is 0 Å². The molecule has 1 aromatic carbocycles. The third kappa shape index (κ3) is 2.18. The molecule has 0 aliphatic carbocycles. The van der Waals surface area contributed by atoms with Gasteiger partial charge in [0.1, 0.15) is 11.6 Å². The number of methoxy groups -OCH3 is 1. The summed E-state index contributed by atoms with van der Waals surface area (Å²) in [6, 6.07) is 4.61. The molecule has 0 saturated carbocycles. The zero-order valence-corrected chi connectivity index (χ0v) is 8.10. The van der Waals surface area contributed by atoms with Gasteiger partial charge in [-0.05, 0) is 32.2 Å². The summed E-state index contributed by atoms with van der Waals surface area (Å²) in [5, 5.41) is 3.04. The number of benzene rings is 1. The highest BCUT2D eigenvalue weighted by Crippen LogP contribution is 2.25. The monoisotopic (exact) mass is 183 g/mol. The molecule has 3 heteroatoms. The maximum Gasteiger partial charge on any atom is 0.123 e. The predicted octanol–water partition coefficient (Wildman–Crippen LogP) is 2.11. The first-order valence-electron chi connectivity index (χ1n) is 4.19. The Bertz CT molecular complexity index is 288. The van der Waals surface area contributed by atoms with Gasteiger partial charge in [0.25, 0.3) is 0 Å². The van der Waals surface area contributed by atoms with Crippen LogP contribution < -0.4 is 10.1 Å². The van der Waals surface area contributed by atoms with Crippen LogP contribution in [0.1, 0.15) is 18.5 Å². The molecule has 1 N–H and O–H groups in total. The fourth-order valence-corrected chi connectivity index (χ4v) is 1.20. The van der Waals surface area contributed by atoms with Crippen LogP contribution in [0.2, 0.25) is 0 Å². The molecule has 0 spiro atoms. The Balaban J connectivity index is 3.07. The van der Waals surface area contributed by atoms with E-state index in [4.69, 9.17) is 4.74 Å². The Morgan fingerprint density at radius 2 is 2.15 bits per heavy atom. The van der Waals surface area contributed by atoms with Crippen LogP contribution in [0.4, 0.5) is 4.39 Å². The molecule has 13 heavy (non-hydrogen) atoms. The average Bonchev–Trinajstić information content (AvgIpc) is 2.16. The van der Waals surface area contributed by atoms with Crippen molar-refractivity contribution < 1.29 is 9.13 Å². The zero-order valence-electron chi connectivity index (χ0n) is 8.10. The summed E-state index contributed by atoms with van der Waals surface area (Å²) in [5.41, 5.74) is 0.838. The Kier molecular flexibility index (Phi) is 3.25. The summed E-state index contributed by atoms with van der Waals surface area (Å²) in [6.07, 6.45) is 0. The van der Waals surface area contributed by atoms with Crippen LogP contribution in [0.5, 0.6) is 5.75 Å². The number of nitrogens with one attached hydrogen (secondary N) is 1. The summed E-state index contributed by atoms with van der Waals surface area (Å²) in [5.74, 6) is 0.473. The van der Waals surface area contributed by atoms with E-state index in [2.05, 4.69) is 5.32 Å². The van der Waals surface area contributed by atoms with Crippen LogP contribution >= 0.6 is 0 Å². The second kappa shape index (κ2) is 4.23. The standard InChI is InChI=1S/C10H14FNO/c1-7(12-2)9-6-8(11)4-5-10(9)13-3/h4-7,12H,1-3H3/t7-/m0/s1. The van der Waals surface area contributed by atoms with E-state index in [0.29, 0.717) is 5.75 Å². The molecular formula is C10H14FNO. The van der Waals surface area contributed by atoms with E-state index < -0.39 is 0 Å². The third-order valence-electron chi connectivity index (χ3n) is 2.09. The van der Waals surface area contributed by atoms with Gasteiger partial charge in [0.15, 0.2) is 0 Å². The maximum absolute atomic E-state index is 12.9. The summed E-state index contributed by atoms with van der Waals surface area (Å²) in [7, 11) is 3.41. The zero-order chi connectivity index (χ0) is 9.84. The first-order chi connectivity index (χ1) is 6.19. The second-order valence-corrected chi connectivity index (χ2v) is 2.90. The molecule has 2 nitrogen and oxygen atoms in total. The van der Waals surface area contributed by atoms with Crippen molar-refractivity contribution in [2.45, 2.75) is 13.0 Å². The van der Waals surface area contributed by atoms with Gasteiger partial charge in [-0.15, -0.1) is 0 Å². The Morgan fingerprint density at radius 1 is 1.46 bits per heavy atom. The fourth-order valence-electron chi connectivity index (χ4n) is 1.20. The maximum atomic E-state index is 12.9. The molecular weight excluding hydrogens is 169 g/mol. The number of halogens is 1. The van der Waals surface area contributed by atoms with Crippen molar-refractivity contribution in [3.8, 4) is 5.75 Å². The summed E-state index contributed by atoms with van der Waals surface area (Å²) in [6.45, 7) is 1.96. The average molecular weight is 183 g/mol. The SMILES string of the molecule is CN[C@@H](C)c1cc(F)ccc1OC. The van der Waals surface area contributed by atoms with E-state index >= 15 is 0 Å². The highest BCUT2D eigenvalue weighted by Gasteiger charge is 2.09. The van der Waals surface area contributed by atoms with Crippen molar-refractivity contribution in [2.75, 3.05) is 14.2 Å². The molecule has 0 saturated heterocycles. The number of rotatable bonds is 3. The molecule has 0 bridgehead atoms. The van der Waals surface area contributed by atoms with Crippen LogP contribution in [0.15, 0.2) is 18.2 Å². The van der Waals surface area contributed by atoms with E-state index in [1.165, 1.54) is 12.1 Å². The van der Waals surface area contributed by atoms with Gasteiger partial charge in [0, 0.05) is 11.6 Å². The van der Waals surface area contributed by atoms with Gasteiger partial charge in [-0.1, -0.05) is 0 Å². The fraction of sp³-hybridized carbons (Fsp3) is 0.400. The predicted molar refractivity (Wildman–Crippen MR) is 50.4 cm³/mol. The van der Waals surface area contributed by atoms with Gasteiger partial charge in [0.2, 0.25) is 0 Å². The minimum Gasteiger partial charge on any atom is -0.496 e. The van der Waals surface area contributed by atoms with Crippen molar-refractivity contribution >= 4 is 0 Å². The van der Waals surface area contributed by atoms with Crippen LogP contribution in [0.3, 0.4) is 0 Å². The van der Waals surface area contributed by atoms with Crippen molar-refractivity contribution in [3.63, 3.8) is 0 Å². The van der Waals surface area contributed by atoms with E-state index in [1.807, 2.05) is 14.0 Å². The molecule has 1 atom stereocenters. The normalized spacial score (nSPS) is 12.6. The van der Waals surface area contributed by atoms with Gasteiger partial charge in [-0.2, -0.15) is 0 Å². The first-order valence-corrected chi connectivity index (χ1v) is 4.19. The largest absolute Gasteiger partial charge is 0.496 e. The molecule has 0 unspecified atom stereocenters. The summed E-state index contributed by atoms with van der Waals surface area (Å²) >= 11 is 0. The van der Waals surface area contributed by atoms with Crippen molar-refractivity contribution in [1.29, 1.82) is 0 Å². The van der Waals surface area contributed by atoms with Gasteiger partial charge < -0.3 is 10.1 Å². The lowest BCUT2D eigenvalue weighted by atomic mass is 10.1. The Labute approximate surface area is 77.7 Å². The lowest BCUT2D eigenvalue weighted by Crippen LogP contribution is -2.13. The molecule has 0 amide bonds. The second-order valence-electron chi connectivity index (χ2n) is 2.90. The molecule has 0 aliphatic heterocycles. The van der Waals surface area contributed by atoms with Gasteiger partial charge in [0.05, 0.1) is 7.11 Å². The van der Waals surface area contributed by atoms with Crippen molar-refractivity contribution in [3.05, 3.63) is 29.6 Å². The topological polar surface area (TPSA) is 21.3 Å². The lowest BCUT2D eigenvalue weighted by Gasteiger charge is -2.14. The van der Waals surface area contributed by atoms with Crippen LogP contribution in [0, 0.1) is 5.82 Å². The first kappa shape index (κ1) is 9.99. The summed E-state index contributed by atoms with van der Waals surface area (Å²) in [4.78, 5) is 0. The third-order valence-corrected chi connectivity index (χ3v) is 2.09. The minimum atomic E-state index is -0.238. The number of hydrogen-bond acceptors (Lipinski definition) is 2. The smallest absolute Gasteiger partial charge is 0.123 e. The highest BCUT2D eigenvalue weighted by atomic mass is 19.1. The van der Waals surface area contributed by atoms with Crippen LogP contribution in [-0.4, -0.2) is 14.2 Å². The lowest BCUT2D eigenvalue weighted by molar-refractivity contribution is 0.402. The van der Waals surface area contributed by atoms with E-state index in [-0.39, 0.29) is 11.9 Å². The Morgan fingerprint density at radius 3 is 2.69 bits per heavy atom. The van der Waals surface area contributed by atoms with E-state index in [9.17, 15) is 4.39 Å². The highest BCUT2D eigenvalue weighted by molar-refractivity contribution is 5.36.